The molecule has 4 heterocycles. The molecule has 12 heteroatoms. The van der Waals surface area contributed by atoms with Gasteiger partial charge in [0.15, 0.2) is 5.65 Å². The molecule has 0 radical (unpaired) electrons. The number of hydrogen-bond donors (Lipinski definition) is 1. The van der Waals surface area contributed by atoms with Gasteiger partial charge in [-0.1, -0.05) is 6.07 Å². The van der Waals surface area contributed by atoms with Crippen LogP contribution < -0.4 is 5.32 Å². The van der Waals surface area contributed by atoms with Crippen molar-refractivity contribution in [3.8, 4) is 11.8 Å². The van der Waals surface area contributed by atoms with E-state index in [4.69, 9.17) is 4.98 Å². The summed E-state index contributed by atoms with van der Waals surface area (Å²) in [6.07, 6.45) is 5.58. The van der Waals surface area contributed by atoms with Crippen molar-refractivity contribution in [1.82, 2.24) is 34.5 Å². The van der Waals surface area contributed by atoms with E-state index in [1.54, 1.807) is 46.9 Å². The monoisotopic (exact) mass is 587 g/mol. The van der Waals surface area contributed by atoms with Gasteiger partial charge in [-0.2, -0.15) is 15.3 Å². The highest BCUT2D eigenvalue weighted by Gasteiger charge is 2.38. The van der Waals surface area contributed by atoms with Crippen LogP contribution in [0.25, 0.3) is 27.6 Å². The number of nitriles is 1. The minimum Gasteiger partial charge on any atom is -0.351 e. The number of aromatic nitrogens is 5. The Bertz CT molecular complexity index is 1660. The molecule has 0 spiro atoms. The summed E-state index contributed by atoms with van der Waals surface area (Å²) in [6, 6.07) is 9.24. The van der Waals surface area contributed by atoms with E-state index in [9.17, 15) is 14.9 Å². The fourth-order valence-corrected chi connectivity index (χ4v) is 6.01. The van der Waals surface area contributed by atoms with Gasteiger partial charge in [0.1, 0.15) is 16.7 Å². The first-order chi connectivity index (χ1) is 18.8. The van der Waals surface area contributed by atoms with Crippen molar-refractivity contribution in [3.05, 3.63) is 46.8 Å². The predicted octanol–water partition coefficient (Wildman–Crippen LogP) is 3.27. The number of fused-ring (bicyclic) bond motifs is 2. The molecular weight excluding hydrogens is 562 g/mol. The van der Waals surface area contributed by atoms with Crippen LogP contribution in [-0.2, 0) is 9.59 Å². The maximum atomic E-state index is 13.2. The van der Waals surface area contributed by atoms with Gasteiger partial charge in [-0.25, -0.2) is 9.67 Å². The Morgan fingerprint density at radius 3 is 2.90 bits per heavy atom. The number of amides is 2. The number of pyridine rings is 1. The summed E-state index contributed by atoms with van der Waals surface area (Å²) in [4.78, 5) is 42.6. The quantitative estimate of drug-likeness (QED) is 0.384. The van der Waals surface area contributed by atoms with Gasteiger partial charge in [-0.3, -0.25) is 14.6 Å². The summed E-state index contributed by atoms with van der Waals surface area (Å²) in [5.41, 5.74) is 2.36. The molecule has 0 bridgehead atoms. The topological polar surface area (TPSA) is 133 Å². The number of halogens is 1. The van der Waals surface area contributed by atoms with Crippen molar-refractivity contribution in [3.63, 3.8) is 0 Å². The second kappa shape index (κ2) is 9.89. The van der Waals surface area contributed by atoms with E-state index in [-0.39, 0.29) is 23.8 Å². The molecule has 39 heavy (non-hydrogen) atoms. The Balaban J connectivity index is 1.24. The number of carbonyl (C=O) groups is 2. The summed E-state index contributed by atoms with van der Waals surface area (Å²) in [5, 5.41) is 19.3. The molecule has 1 saturated carbocycles. The minimum atomic E-state index is -0.430. The number of nitrogens with one attached hydrogen (secondary N) is 1. The van der Waals surface area contributed by atoms with Crippen LogP contribution >= 0.6 is 15.9 Å². The van der Waals surface area contributed by atoms with Crippen molar-refractivity contribution in [2.45, 2.75) is 38.3 Å². The molecule has 2 aliphatic rings. The van der Waals surface area contributed by atoms with Crippen LogP contribution in [0.1, 0.15) is 31.7 Å². The Kier molecular flexibility index (Phi) is 6.38. The van der Waals surface area contributed by atoms with Gasteiger partial charge in [0, 0.05) is 49.9 Å². The van der Waals surface area contributed by atoms with E-state index in [2.05, 4.69) is 42.4 Å². The average molecular weight is 588 g/mol. The van der Waals surface area contributed by atoms with Crippen LogP contribution in [0.4, 0.5) is 5.95 Å². The van der Waals surface area contributed by atoms with E-state index in [0.29, 0.717) is 52.5 Å². The van der Waals surface area contributed by atoms with Crippen molar-refractivity contribution in [2.75, 3.05) is 25.5 Å². The molecule has 6 rings (SSSR count). The van der Waals surface area contributed by atoms with Crippen LogP contribution in [0.2, 0.25) is 0 Å². The largest absolute Gasteiger partial charge is 0.351 e. The van der Waals surface area contributed by atoms with Crippen molar-refractivity contribution < 1.29 is 9.59 Å². The summed E-state index contributed by atoms with van der Waals surface area (Å²) in [5.74, 6) is 0.336. The number of likely N-dealkylation sites (N-methyl/N-ethyl adjacent to an activating group) is 1. The summed E-state index contributed by atoms with van der Waals surface area (Å²) in [7, 11) is 1.77. The molecular formula is C27H26BrN9O2. The molecule has 4 aromatic rings. The van der Waals surface area contributed by atoms with Gasteiger partial charge in [-0.05, 0) is 60.3 Å². The number of piperazine rings is 1. The van der Waals surface area contributed by atoms with Crippen molar-refractivity contribution in [1.29, 1.82) is 5.26 Å². The Hall–Kier alpha value is -4.11. The van der Waals surface area contributed by atoms with Gasteiger partial charge in [0.25, 0.3) is 0 Å². The maximum Gasteiger partial charge on any atom is 0.244 e. The molecule has 3 aromatic heterocycles. The molecule has 198 valence electrons. The standard InChI is InChI=1S/C27H26BrN9O2/c1-15-25(38)35(2)8-9-36(15)26(39)17-5-6-19(10-17)32-27-31-14-21-23(28)34-37(24(21)33-27)20-11-16-4-3-7-30-22(16)18(12-20)13-29/h3-4,7,11-12,14-15,17,19H,5-6,8-10H2,1-2H3,(H,31,32,33)/t15-,17-,19-/m1/s1. The van der Waals surface area contributed by atoms with Crippen LogP contribution in [0.3, 0.4) is 0 Å². The average Bonchev–Trinajstić information content (AvgIpc) is 3.55. The molecule has 0 unspecified atom stereocenters. The number of anilines is 1. The molecule has 11 nitrogen and oxygen atoms in total. The Labute approximate surface area is 233 Å². The minimum absolute atomic E-state index is 0.0173. The lowest BCUT2D eigenvalue weighted by atomic mass is 10.0. The SMILES string of the molecule is C[C@@H]1C(=O)N(C)CCN1C(=O)[C@@H]1CC[C@@H](Nc2ncc3c(Br)nn(-c4cc(C#N)c5ncccc5c4)c3n2)C1. The lowest BCUT2D eigenvalue weighted by Crippen LogP contribution is -2.57. The zero-order valence-corrected chi connectivity index (χ0v) is 23.1. The fourth-order valence-electron chi connectivity index (χ4n) is 5.57. The predicted molar refractivity (Wildman–Crippen MR) is 148 cm³/mol. The van der Waals surface area contributed by atoms with Gasteiger partial charge < -0.3 is 15.1 Å². The molecule has 3 atom stereocenters. The normalized spacial score (nSPS) is 21.5. The maximum absolute atomic E-state index is 13.2. The van der Waals surface area contributed by atoms with E-state index < -0.39 is 6.04 Å². The molecule has 1 aliphatic carbocycles. The van der Waals surface area contributed by atoms with E-state index >= 15 is 0 Å². The highest BCUT2D eigenvalue weighted by atomic mass is 79.9. The lowest BCUT2D eigenvalue weighted by Gasteiger charge is -2.38. The third-order valence-corrected chi connectivity index (χ3v) is 8.30. The number of carbonyl (C=O) groups excluding carboxylic acids is 2. The van der Waals surface area contributed by atoms with Gasteiger partial charge >= 0.3 is 0 Å². The van der Waals surface area contributed by atoms with Crippen molar-refractivity contribution in [2.24, 2.45) is 5.92 Å². The Morgan fingerprint density at radius 1 is 1.23 bits per heavy atom. The molecule has 1 N–H and O–H groups in total. The molecule has 1 aromatic carbocycles. The Morgan fingerprint density at radius 2 is 2.08 bits per heavy atom. The number of nitrogens with zero attached hydrogens (tertiary/aromatic N) is 8. The first-order valence-corrected chi connectivity index (χ1v) is 13.7. The zero-order valence-electron chi connectivity index (χ0n) is 21.5. The van der Waals surface area contributed by atoms with Crippen molar-refractivity contribution >= 4 is 55.6 Å². The van der Waals surface area contributed by atoms with E-state index in [1.165, 1.54) is 0 Å². The number of benzene rings is 1. The third-order valence-electron chi connectivity index (χ3n) is 7.71. The first kappa shape index (κ1) is 25.2. The van der Waals surface area contributed by atoms with Gasteiger partial charge in [-0.15, -0.1) is 0 Å². The molecule has 1 aliphatic heterocycles. The second-order valence-electron chi connectivity index (χ2n) is 10.1. The van der Waals surface area contributed by atoms with Gasteiger partial charge in [0.2, 0.25) is 17.8 Å². The summed E-state index contributed by atoms with van der Waals surface area (Å²) in [6.45, 7) is 2.92. The van der Waals surface area contributed by atoms with Gasteiger partial charge in [0.05, 0.1) is 22.2 Å². The smallest absolute Gasteiger partial charge is 0.244 e. The lowest BCUT2D eigenvalue weighted by molar-refractivity contribution is -0.151. The summed E-state index contributed by atoms with van der Waals surface area (Å²) < 4.78 is 2.28. The van der Waals surface area contributed by atoms with E-state index in [0.717, 1.165) is 23.6 Å². The number of hydrogen-bond acceptors (Lipinski definition) is 8. The van der Waals surface area contributed by atoms with E-state index in [1.807, 2.05) is 18.2 Å². The third kappa shape index (κ3) is 4.46. The molecule has 2 amide bonds. The highest BCUT2D eigenvalue weighted by Crippen LogP contribution is 2.32. The first-order valence-electron chi connectivity index (χ1n) is 12.9. The number of rotatable bonds is 4. The van der Waals surface area contributed by atoms with Crippen LogP contribution in [0.15, 0.2) is 41.3 Å². The fraction of sp³-hybridized carbons (Fsp3) is 0.370. The highest BCUT2D eigenvalue weighted by molar-refractivity contribution is 9.10. The second-order valence-corrected chi connectivity index (χ2v) is 10.9. The zero-order chi connectivity index (χ0) is 27.3. The van der Waals surface area contributed by atoms with Crippen LogP contribution in [0, 0.1) is 17.2 Å². The van der Waals surface area contributed by atoms with Crippen LogP contribution in [0.5, 0.6) is 0 Å². The summed E-state index contributed by atoms with van der Waals surface area (Å²) >= 11 is 3.51. The molecule has 2 fully saturated rings. The van der Waals surface area contributed by atoms with Crippen LogP contribution in [-0.4, -0.2) is 78.6 Å². The molecule has 1 saturated heterocycles.